The fourth-order valence-corrected chi connectivity index (χ4v) is 2.92. The van der Waals surface area contributed by atoms with Crippen LogP contribution < -0.4 is 10.2 Å². The van der Waals surface area contributed by atoms with Gasteiger partial charge in [-0.25, -0.2) is 0 Å². The number of anilines is 2. The molecule has 0 radical (unpaired) electrons. The molecule has 0 bridgehead atoms. The SMILES string of the molecule is CCN(C)c1cccc(NC(=O)c2cc3c(C)cc(C)cc3[nH]2)c1. The minimum absolute atomic E-state index is 0.125. The van der Waals surface area contributed by atoms with Crippen molar-refractivity contribution < 1.29 is 4.79 Å². The molecule has 0 aliphatic rings. The quantitative estimate of drug-likeness (QED) is 0.743. The molecule has 124 valence electrons. The Hall–Kier alpha value is -2.75. The topological polar surface area (TPSA) is 48.1 Å². The van der Waals surface area contributed by atoms with Gasteiger partial charge in [0.05, 0.1) is 0 Å². The van der Waals surface area contributed by atoms with Crippen LogP contribution in [0.3, 0.4) is 0 Å². The van der Waals surface area contributed by atoms with E-state index >= 15 is 0 Å². The van der Waals surface area contributed by atoms with Gasteiger partial charge < -0.3 is 15.2 Å². The lowest BCUT2D eigenvalue weighted by atomic mass is 10.1. The molecule has 0 fully saturated rings. The molecule has 3 aromatic rings. The molecule has 3 rings (SSSR count). The fourth-order valence-electron chi connectivity index (χ4n) is 2.92. The number of carbonyl (C=O) groups excluding carboxylic acids is 1. The van der Waals surface area contributed by atoms with Gasteiger partial charge in [0.15, 0.2) is 0 Å². The Bertz CT molecular complexity index is 895. The molecule has 0 spiro atoms. The minimum Gasteiger partial charge on any atom is -0.375 e. The van der Waals surface area contributed by atoms with Crippen LogP contribution in [0.25, 0.3) is 10.9 Å². The first kappa shape index (κ1) is 16.1. The molecule has 4 heteroatoms. The maximum Gasteiger partial charge on any atom is 0.272 e. The van der Waals surface area contributed by atoms with E-state index in [9.17, 15) is 4.79 Å². The Morgan fingerprint density at radius 1 is 1.17 bits per heavy atom. The summed E-state index contributed by atoms with van der Waals surface area (Å²) in [5.41, 5.74) is 5.81. The van der Waals surface area contributed by atoms with E-state index in [0.717, 1.165) is 28.8 Å². The molecule has 0 aliphatic heterocycles. The molecule has 4 nitrogen and oxygen atoms in total. The average Bonchev–Trinajstić information content (AvgIpc) is 2.98. The second kappa shape index (κ2) is 6.40. The number of benzene rings is 2. The third kappa shape index (κ3) is 3.13. The van der Waals surface area contributed by atoms with E-state index in [1.54, 1.807) is 0 Å². The maximum absolute atomic E-state index is 12.6. The number of amides is 1. The van der Waals surface area contributed by atoms with E-state index in [-0.39, 0.29) is 5.91 Å². The van der Waals surface area contributed by atoms with Crippen LogP contribution in [0.1, 0.15) is 28.5 Å². The summed E-state index contributed by atoms with van der Waals surface area (Å²) in [5.74, 6) is -0.125. The van der Waals surface area contributed by atoms with E-state index in [0.29, 0.717) is 5.69 Å². The molecule has 1 amide bonds. The monoisotopic (exact) mass is 321 g/mol. The number of aryl methyl sites for hydroxylation is 2. The number of hydrogen-bond acceptors (Lipinski definition) is 2. The third-order valence-electron chi connectivity index (χ3n) is 4.35. The molecule has 2 aromatic carbocycles. The van der Waals surface area contributed by atoms with Crippen LogP contribution in [-0.2, 0) is 0 Å². The van der Waals surface area contributed by atoms with Crippen molar-refractivity contribution in [3.8, 4) is 0 Å². The summed E-state index contributed by atoms with van der Waals surface area (Å²) in [6.45, 7) is 7.13. The van der Waals surface area contributed by atoms with Gasteiger partial charge in [-0.2, -0.15) is 0 Å². The van der Waals surface area contributed by atoms with Gasteiger partial charge in [-0.3, -0.25) is 4.79 Å². The molecule has 0 aliphatic carbocycles. The van der Waals surface area contributed by atoms with Gasteiger partial charge in [0, 0.05) is 35.9 Å². The van der Waals surface area contributed by atoms with E-state index in [1.165, 1.54) is 11.1 Å². The average molecular weight is 321 g/mol. The number of aromatic nitrogens is 1. The minimum atomic E-state index is -0.125. The van der Waals surface area contributed by atoms with Crippen LogP contribution in [0.4, 0.5) is 11.4 Å². The highest BCUT2D eigenvalue weighted by molar-refractivity contribution is 6.06. The standard InChI is InChI=1S/C20H23N3O/c1-5-23(4)16-8-6-7-15(11-16)21-20(24)19-12-17-14(3)9-13(2)10-18(17)22-19/h6-12,22H,5H2,1-4H3,(H,21,24). The zero-order valence-electron chi connectivity index (χ0n) is 14.6. The first-order chi connectivity index (χ1) is 11.5. The molecule has 0 unspecified atom stereocenters. The van der Waals surface area contributed by atoms with Gasteiger partial charge in [-0.1, -0.05) is 12.1 Å². The number of H-pyrrole nitrogens is 1. The number of nitrogens with one attached hydrogen (secondary N) is 2. The van der Waals surface area contributed by atoms with Crippen LogP contribution in [0.5, 0.6) is 0 Å². The molecular formula is C20H23N3O. The van der Waals surface area contributed by atoms with Crippen molar-refractivity contribution in [3.63, 3.8) is 0 Å². The summed E-state index contributed by atoms with van der Waals surface area (Å²) in [6, 6.07) is 14.0. The van der Waals surface area contributed by atoms with Crippen LogP contribution in [0.2, 0.25) is 0 Å². The highest BCUT2D eigenvalue weighted by Gasteiger charge is 2.12. The zero-order chi connectivity index (χ0) is 17.3. The Morgan fingerprint density at radius 3 is 2.71 bits per heavy atom. The molecule has 1 aromatic heterocycles. The summed E-state index contributed by atoms with van der Waals surface area (Å²) in [7, 11) is 2.03. The second-order valence-electron chi connectivity index (χ2n) is 6.24. The molecule has 0 atom stereocenters. The Labute approximate surface area is 142 Å². The zero-order valence-corrected chi connectivity index (χ0v) is 14.6. The fraction of sp³-hybridized carbons (Fsp3) is 0.250. The third-order valence-corrected chi connectivity index (χ3v) is 4.35. The number of nitrogens with zero attached hydrogens (tertiary/aromatic N) is 1. The lowest BCUT2D eigenvalue weighted by Crippen LogP contribution is -2.16. The molecule has 0 saturated heterocycles. The molecule has 24 heavy (non-hydrogen) atoms. The van der Waals surface area contributed by atoms with Crippen LogP contribution >= 0.6 is 0 Å². The van der Waals surface area contributed by atoms with Crippen molar-refractivity contribution in [2.24, 2.45) is 0 Å². The first-order valence-electron chi connectivity index (χ1n) is 8.20. The van der Waals surface area contributed by atoms with Crippen LogP contribution in [0.15, 0.2) is 42.5 Å². The van der Waals surface area contributed by atoms with Gasteiger partial charge in [-0.15, -0.1) is 0 Å². The Kier molecular flexibility index (Phi) is 4.30. The largest absolute Gasteiger partial charge is 0.375 e. The van der Waals surface area contributed by atoms with Crippen molar-refractivity contribution in [1.82, 2.24) is 4.98 Å². The summed E-state index contributed by atoms with van der Waals surface area (Å²) >= 11 is 0. The van der Waals surface area contributed by atoms with Crippen molar-refractivity contribution in [3.05, 3.63) is 59.3 Å². The number of aromatic amines is 1. The van der Waals surface area contributed by atoms with Gasteiger partial charge >= 0.3 is 0 Å². The van der Waals surface area contributed by atoms with Gasteiger partial charge in [0.2, 0.25) is 0 Å². The summed E-state index contributed by atoms with van der Waals surface area (Å²) in [4.78, 5) is 17.9. The van der Waals surface area contributed by atoms with Gasteiger partial charge in [0.25, 0.3) is 5.91 Å². The van der Waals surface area contributed by atoms with E-state index in [2.05, 4.69) is 48.1 Å². The number of fused-ring (bicyclic) bond motifs is 1. The smallest absolute Gasteiger partial charge is 0.272 e. The predicted octanol–water partition coefficient (Wildman–Crippen LogP) is 4.49. The molecule has 0 saturated carbocycles. The highest BCUT2D eigenvalue weighted by atomic mass is 16.1. The number of rotatable bonds is 4. The van der Waals surface area contributed by atoms with Crippen LogP contribution in [0, 0.1) is 13.8 Å². The molecule has 1 heterocycles. The van der Waals surface area contributed by atoms with Crippen molar-refractivity contribution in [2.45, 2.75) is 20.8 Å². The summed E-state index contributed by atoms with van der Waals surface area (Å²) in [5, 5.41) is 4.06. The van der Waals surface area contributed by atoms with Gasteiger partial charge in [-0.05, 0) is 62.2 Å². The highest BCUT2D eigenvalue weighted by Crippen LogP contribution is 2.23. The lowest BCUT2D eigenvalue weighted by Gasteiger charge is -2.17. The van der Waals surface area contributed by atoms with E-state index < -0.39 is 0 Å². The lowest BCUT2D eigenvalue weighted by molar-refractivity contribution is 0.102. The second-order valence-corrected chi connectivity index (χ2v) is 6.24. The van der Waals surface area contributed by atoms with E-state index in [1.807, 2.05) is 37.4 Å². The first-order valence-corrected chi connectivity index (χ1v) is 8.20. The molecular weight excluding hydrogens is 298 g/mol. The van der Waals surface area contributed by atoms with Gasteiger partial charge in [0.1, 0.15) is 5.69 Å². The van der Waals surface area contributed by atoms with Crippen LogP contribution in [-0.4, -0.2) is 24.5 Å². The predicted molar refractivity (Wildman–Crippen MR) is 101 cm³/mol. The molecule has 2 N–H and O–H groups in total. The normalized spacial score (nSPS) is 10.8. The Balaban J connectivity index is 1.86. The number of carbonyl (C=O) groups is 1. The van der Waals surface area contributed by atoms with E-state index in [4.69, 9.17) is 0 Å². The summed E-state index contributed by atoms with van der Waals surface area (Å²) < 4.78 is 0. The summed E-state index contributed by atoms with van der Waals surface area (Å²) in [6.07, 6.45) is 0. The number of hydrogen-bond donors (Lipinski definition) is 2. The Morgan fingerprint density at radius 2 is 1.96 bits per heavy atom. The van der Waals surface area contributed by atoms with Crippen molar-refractivity contribution >= 4 is 28.2 Å². The van der Waals surface area contributed by atoms with Crippen molar-refractivity contribution in [2.75, 3.05) is 23.8 Å². The maximum atomic E-state index is 12.6. The van der Waals surface area contributed by atoms with Crippen molar-refractivity contribution in [1.29, 1.82) is 0 Å².